The van der Waals surface area contributed by atoms with Gasteiger partial charge in [0.25, 0.3) is 0 Å². The monoisotopic (exact) mass is 186 g/mol. The maximum absolute atomic E-state index is 11.5. The van der Waals surface area contributed by atoms with Crippen LogP contribution in [-0.4, -0.2) is 23.3 Å². The van der Waals surface area contributed by atoms with E-state index in [1.807, 2.05) is 13.8 Å². The quantitative estimate of drug-likeness (QED) is 0.665. The summed E-state index contributed by atoms with van der Waals surface area (Å²) in [4.78, 5) is 11.5. The van der Waals surface area contributed by atoms with Crippen LogP contribution in [-0.2, 0) is 9.53 Å². The van der Waals surface area contributed by atoms with Crippen molar-refractivity contribution in [3.05, 3.63) is 0 Å². The van der Waals surface area contributed by atoms with Crippen LogP contribution < -0.4 is 0 Å². The van der Waals surface area contributed by atoms with Crippen LogP contribution >= 0.6 is 0 Å². The Morgan fingerprint density at radius 3 is 2.46 bits per heavy atom. The molecule has 13 heavy (non-hydrogen) atoms. The molecule has 1 rings (SSSR count). The molecule has 0 aromatic carbocycles. The van der Waals surface area contributed by atoms with E-state index in [4.69, 9.17) is 4.74 Å². The topological polar surface area (TPSA) is 46.5 Å². The van der Waals surface area contributed by atoms with E-state index in [9.17, 15) is 9.90 Å². The van der Waals surface area contributed by atoms with E-state index in [0.29, 0.717) is 13.0 Å². The van der Waals surface area contributed by atoms with Crippen LogP contribution in [0.2, 0.25) is 0 Å². The van der Waals surface area contributed by atoms with Gasteiger partial charge in [0.2, 0.25) is 0 Å². The zero-order chi connectivity index (χ0) is 10.1. The van der Waals surface area contributed by atoms with E-state index in [1.165, 1.54) is 0 Å². The highest BCUT2D eigenvalue weighted by molar-refractivity contribution is 5.80. The van der Waals surface area contributed by atoms with Crippen LogP contribution in [0.1, 0.15) is 40.0 Å². The number of aliphatic hydroxyl groups is 1. The summed E-state index contributed by atoms with van der Waals surface area (Å²) in [6, 6.07) is 0. The van der Waals surface area contributed by atoms with Crippen molar-refractivity contribution < 1.29 is 14.6 Å². The molecule has 1 N–H and O–H groups in total. The largest absolute Gasteiger partial charge is 0.464 e. The third kappa shape index (κ3) is 1.57. The minimum atomic E-state index is -1.26. The molecule has 0 amide bonds. The molecule has 76 valence electrons. The van der Waals surface area contributed by atoms with Crippen molar-refractivity contribution in [2.24, 2.45) is 5.41 Å². The summed E-state index contributed by atoms with van der Waals surface area (Å²) < 4.78 is 4.88. The molecule has 0 radical (unpaired) electrons. The molecule has 0 spiro atoms. The van der Waals surface area contributed by atoms with Crippen LogP contribution in [0.25, 0.3) is 0 Å². The Kier molecular flexibility index (Phi) is 2.66. The van der Waals surface area contributed by atoms with E-state index in [1.54, 1.807) is 6.92 Å². The zero-order valence-electron chi connectivity index (χ0n) is 8.59. The molecule has 1 saturated carbocycles. The lowest BCUT2D eigenvalue weighted by atomic mass is 9.78. The fourth-order valence-corrected chi connectivity index (χ4v) is 1.96. The molecule has 0 bridgehead atoms. The highest BCUT2D eigenvalue weighted by Gasteiger charge is 2.54. The lowest BCUT2D eigenvalue weighted by molar-refractivity contribution is -0.175. The highest BCUT2D eigenvalue weighted by atomic mass is 16.5. The molecule has 3 heteroatoms. The van der Waals surface area contributed by atoms with E-state index >= 15 is 0 Å². The number of carbonyl (C=O) groups is 1. The molecule has 0 aliphatic heterocycles. The molecule has 1 aliphatic carbocycles. The molecule has 0 saturated heterocycles. The van der Waals surface area contributed by atoms with Crippen LogP contribution in [0.5, 0.6) is 0 Å². The molecule has 0 aromatic rings. The van der Waals surface area contributed by atoms with E-state index in [-0.39, 0.29) is 5.41 Å². The summed E-state index contributed by atoms with van der Waals surface area (Å²) in [5.74, 6) is -0.461. The van der Waals surface area contributed by atoms with Crippen LogP contribution in [0.4, 0.5) is 0 Å². The Morgan fingerprint density at radius 1 is 1.46 bits per heavy atom. The van der Waals surface area contributed by atoms with E-state index < -0.39 is 11.6 Å². The minimum absolute atomic E-state index is 0.331. The normalized spacial score (nSPS) is 31.7. The fraction of sp³-hybridized carbons (Fsp3) is 0.900. The summed E-state index contributed by atoms with van der Waals surface area (Å²) in [5.41, 5.74) is -1.61. The van der Waals surface area contributed by atoms with Crippen LogP contribution in [0.3, 0.4) is 0 Å². The third-order valence-electron chi connectivity index (χ3n) is 3.07. The maximum Gasteiger partial charge on any atom is 0.338 e. The number of rotatable bonds is 2. The first-order valence-electron chi connectivity index (χ1n) is 4.83. The third-order valence-corrected chi connectivity index (χ3v) is 3.07. The van der Waals surface area contributed by atoms with Gasteiger partial charge in [-0.15, -0.1) is 0 Å². The molecular weight excluding hydrogens is 168 g/mol. The number of esters is 1. The Labute approximate surface area is 79.1 Å². The number of ether oxygens (including phenoxy) is 1. The van der Waals surface area contributed by atoms with Crippen LogP contribution in [0.15, 0.2) is 0 Å². The van der Waals surface area contributed by atoms with Crippen molar-refractivity contribution in [1.82, 2.24) is 0 Å². The Balaban J connectivity index is 2.80. The van der Waals surface area contributed by atoms with Gasteiger partial charge < -0.3 is 9.84 Å². The van der Waals surface area contributed by atoms with Gasteiger partial charge >= 0.3 is 5.97 Å². The number of hydrogen-bond acceptors (Lipinski definition) is 3. The first kappa shape index (κ1) is 10.5. The molecule has 0 heterocycles. The summed E-state index contributed by atoms with van der Waals surface area (Å²) in [6.45, 7) is 5.91. The van der Waals surface area contributed by atoms with Crippen molar-refractivity contribution in [2.45, 2.75) is 45.6 Å². The van der Waals surface area contributed by atoms with E-state index in [0.717, 1.165) is 12.8 Å². The molecule has 1 fully saturated rings. The summed E-state index contributed by atoms with van der Waals surface area (Å²) in [6.07, 6.45) is 2.30. The Hall–Kier alpha value is -0.570. The summed E-state index contributed by atoms with van der Waals surface area (Å²) in [7, 11) is 0. The van der Waals surface area contributed by atoms with Crippen LogP contribution in [0, 0.1) is 5.41 Å². The van der Waals surface area contributed by atoms with Gasteiger partial charge in [-0.2, -0.15) is 0 Å². The molecule has 1 atom stereocenters. The molecular formula is C10H18O3. The number of hydrogen-bond donors (Lipinski definition) is 1. The lowest BCUT2D eigenvalue weighted by Crippen LogP contribution is -2.48. The smallest absolute Gasteiger partial charge is 0.338 e. The average molecular weight is 186 g/mol. The van der Waals surface area contributed by atoms with Crippen molar-refractivity contribution in [3.63, 3.8) is 0 Å². The molecule has 3 nitrogen and oxygen atoms in total. The summed E-state index contributed by atoms with van der Waals surface area (Å²) >= 11 is 0. The van der Waals surface area contributed by atoms with Crippen molar-refractivity contribution in [3.8, 4) is 0 Å². The van der Waals surface area contributed by atoms with Gasteiger partial charge in [-0.1, -0.05) is 13.8 Å². The van der Waals surface area contributed by atoms with Gasteiger partial charge in [-0.3, -0.25) is 0 Å². The molecule has 1 aliphatic rings. The van der Waals surface area contributed by atoms with Gasteiger partial charge in [0, 0.05) is 5.41 Å². The van der Waals surface area contributed by atoms with Gasteiger partial charge in [0.15, 0.2) is 5.60 Å². The second-order valence-electron chi connectivity index (χ2n) is 4.32. The predicted octanol–water partition coefficient (Wildman–Crippen LogP) is 1.49. The van der Waals surface area contributed by atoms with Gasteiger partial charge in [0.05, 0.1) is 6.61 Å². The second-order valence-corrected chi connectivity index (χ2v) is 4.32. The van der Waals surface area contributed by atoms with Crippen molar-refractivity contribution in [1.29, 1.82) is 0 Å². The predicted molar refractivity (Wildman–Crippen MR) is 49.2 cm³/mol. The Morgan fingerprint density at radius 2 is 2.08 bits per heavy atom. The number of carbonyl (C=O) groups excluding carboxylic acids is 1. The zero-order valence-corrected chi connectivity index (χ0v) is 8.59. The molecule has 1 unspecified atom stereocenters. The summed E-state index contributed by atoms with van der Waals surface area (Å²) in [5, 5.41) is 10.1. The average Bonchev–Trinajstić information content (AvgIpc) is 2.28. The lowest BCUT2D eigenvalue weighted by Gasteiger charge is -2.33. The van der Waals surface area contributed by atoms with Gasteiger partial charge in [-0.25, -0.2) is 4.79 Å². The Bertz CT molecular complexity index is 210. The minimum Gasteiger partial charge on any atom is -0.464 e. The molecule has 0 aromatic heterocycles. The fourth-order valence-electron chi connectivity index (χ4n) is 1.96. The second kappa shape index (κ2) is 3.29. The van der Waals surface area contributed by atoms with Crippen molar-refractivity contribution in [2.75, 3.05) is 6.61 Å². The highest BCUT2D eigenvalue weighted by Crippen LogP contribution is 2.46. The first-order chi connectivity index (χ1) is 5.94. The maximum atomic E-state index is 11.5. The van der Waals surface area contributed by atoms with Gasteiger partial charge in [-0.05, 0) is 26.2 Å². The van der Waals surface area contributed by atoms with E-state index in [2.05, 4.69) is 0 Å². The SMILES string of the molecule is CCOC(=O)C1(O)CCCC1(C)C. The first-order valence-corrected chi connectivity index (χ1v) is 4.83. The standard InChI is InChI=1S/C10H18O3/c1-4-13-8(11)10(12)7-5-6-9(10,2)3/h12H,4-7H2,1-3H3. The van der Waals surface area contributed by atoms with Gasteiger partial charge in [0.1, 0.15) is 0 Å². The van der Waals surface area contributed by atoms with Crippen molar-refractivity contribution >= 4 is 5.97 Å².